The number of hydrogen-bond acceptors (Lipinski definition) is 3. The van der Waals surface area contributed by atoms with Crippen molar-refractivity contribution in [3.8, 4) is 0 Å². The van der Waals surface area contributed by atoms with E-state index in [1.54, 1.807) is 6.07 Å². The van der Waals surface area contributed by atoms with Crippen LogP contribution in [-0.4, -0.2) is 15.5 Å². The van der Waals surface area contributed by atoms with Gasteiger partial charge in [-0.15, -0.1) is 0 Å². The molecule has 0 unspecified atom stereocenters. The summed E-state index contributed by atoms with van der Waals surface area (Å²) in [6.07, 6.45) is 1.30. The van der Waals surface area contributed by atoms with Gasteiger partial charge in [0, 0.05) is 23.3 Å². The molecule has 0 saturated heterocycles. The van der Waals surface area contributed by atoms with Crippen LogP contribution in [0.15, 0.2) is 64.3 Å². The normalized spacial score (nSPS) is 10.5. The van der Waals surface area contributed by atoms with Gasteiger partial charge < -0.3 is 5.32 Å². The molecular formula is C16H13N3O3. The fourth-order valence-electron chi connectivity index (χ4n) is 2.25. The third kappa shape index (κ3) is 2.80. The van der Waals surface area contributed by atoms with E-state index < -0.39 is 11.2 Å². The number of fused-ring (bicyclic) bond motifs is 1. The minimum Gasteiger partial charge on any atom is -0.324 e. The predicted octanol–water partition coefficient (Wildman–Crippen LogP) is 1.33. The number of nitrogens with one attached hydrogen (secondary N) is 2. The Balaban J connectivity index is 1.84. The molecule has 1 aromatic heterocycles. The van der Waals surface area contributed by atoms with Gasteiger partial charge >= 0.3 is 5.69 Å². The van der Waals surface area contributed by atoms with Crippen molar-refractivity contribution >= 4 is 22.4 Å². The molecule has 3 aromatic rings. The Morgan fingerprint density at radius 3 is 2.64 bits per heavy atom. The van der Waals surface area contributed by atoms with Crippen LogP contribution in [0.2, 0.25) is 0 Å². The molecule has 0 bridgehead atoms. The van der Waals surface area contributed by atoms with Gasteiger partial charge in [-0.2, -0.15) is 0 Å². The molecule has 0 atom stereocenters. The third-order valence-corrected chi connectivity index (χ3v) is 3.27. The molecule has 6 heteroatoms. The van der Waals surface area contributed by atoms with E-state index in [1.165, 1.54) is 12.3 Å². The topological polar surface area (TPSA) is 84.0 Å². The van der Waals surface area contributed by atoms with Crippen molar-refractivity contribution in [2.75, 3.05) is 5.32 Å². The lowest BCUT2D eigenvalue weighted by molar-refractivity contribution is -0.116. The van der Waals surface area contributed by atoms with Crippen LogP contribution in [0.3, 0.4) is 0 Å². The lowest BCUT2D eigenvalue weighted by Gasteiger charge is -2.09. The van der Waals surface area contributed by atoms with Crippen molar-refractivity contribution in [3.63, 3.8) is 0 Å². The van der Waals surface area contributed by atoms with E-state index in [-0.39, 0.29) is 12.5 Å². The predicted molar refractivity (Wildman–Crippen MR) is 83.9 cm³/mol. The maximum absolute atomic E-state index is 12.1. The van der Waals surface area contributed by atoms with Crippen LogP contribution >= 0.6 is 0 Å². The number of aromatic amines is 1. The fourth-order valence-corrected chi connectivity index (χ4v) is 2.25. The van der Waals surface area contributed by atoms with E-state index in [9.17, 15) is 14.4 Å². The number of amides is 1. The monoisotopic (exact) mass is 295 g/mol. The Labute approximate surface area is 125 Å². The maximum Gasteiger partial charge on any atom is 0.328 e. The molecule has 1 amide bonds. The second kappa shape index (κ2) is 5.69. The van der Waals surface area contributed by atoms with Crippen LogP contribution in [0.4, 0.5) is 5.69 Å². The van der Waals surface area contributed by atoms with Crippen LogP contribution in [0, 0.1) is 0 Å². The van der Waals surface area contributed by atoms with E-state index in [1.807, 2.05) is 36.4 Å². The molecule has 0 aliphatic carbocycles. The lowest BCUT2D eigenvalue weighted by Crippen LogP contribution is -2.32. The largest absolute Gasteiger partial charge is 0.328 e. The van der Waals surface area contributed by atoms with Crippen LogP contribution < -0.4 is 16.6 Å². The Morgan fingerprint density at radius 2 is 1.82 bits per heavy atom. The summed E-state index contributed by atoms with van der Waals surface area (Å²) >= 11 is 0. The van der Waals surface area contributed by atoms with Gasteiger partial charge in [-0.1, -0.05) is 36.4 Å². The number of carbonyl (C=O) groups is 1. The summed E-state index contributed by atoms with van der Waals surface area (Å²) in [5.74, 6) is -0.342. The Kier molecular flexibility index (Phi) is 3.57. The smallest absolute Gasteiger partial charge is 0.324 e. The molecule has 0 spiro atoms. The van der Waals surface area contributed by atoms with Gasteiger partial charge in [-0.3, -0.25) is 19.1 Å². The van der Waals surface area contributed by atoms with Gasteiger partial charge in [0.15, 0.2) is 0 Å². The summed E-state index contributed by atoms with van der Waals surface area (Å²) in [6, 6.07) is 14.5. The van der Waals surface area contributed by atoms with Gasteiger partial charge in [0.1, 0.15) is 6.54 Å². The molecule has 22 heavy (non-hydrogen) atoms. The highest BCUT2D eigenvalue weighted by molar-refractivity contribution is 6.01. The Bertz CT molecular complexity index is 951. The van der Waals surface area contributed by atoms with E-state index in [4.69, 9.17) is 0 Å². The summed E-state index contributed by atoms with van der Waals surface area (Å²) in [5, 5.41) is 4.72. The zero-order chi connectivity index (χ0) is 15.5. The SMILES string of the molecule is O=C(Cn1ccc(=O)[nH]c1=O)Nc1cccc2ccccc12. The van der Waals surface area contributed by atoms with E-state index in [0.29, 0.717) is 5.69 Å². The first-order chi connectivity index (χ1) is 10.6. The quantitative estimate of drug-likeness (QED) is 0.764. The van der Waals surface area contributed by atoms with Gasteiger partial charge in [0.05, 0.1) is 0 Å². The van der Waals surface area contributed by atoms with Crippen molar-refractivity contribution in [2.45, 2.75) is 6.54 Å². The number of nitrogens with zero attached hydrogens (tertiary/aromatic N) is 1. The molecule has 0 aliphatic rings. The summed E-state index contributed by atoms with van der Waals surface area (Å²) in [5.41, 5.74) is -0.420. The minimum absolute atomic E-state index is 0.168. The lowest BCUT2D eigenvalue weighted by atomic mass is 10.1. The molecule has 110 valence electrons. The van der Waals surface area contributed by atoms with Crippen molar-refractivity contribution in [1.82, 2.24) is 9.55 Å². The number of rotatable bonds is 3. The average molecular weight is 295 g/mol. The molecule has 2 aromatic carbocycles. The fraction of sp³-hybridized carbons (Fsp3) is 0.0625. The minimum atomic E-state index is -0.611. The molecule has 3 rings (SSSR count). The molecular weight excluding hydrogens is 282 g/mol. The van der Waals surface area contributed by atoms with E-state index in [2.05, 4.69) is 10.3 Å². The highest BCUT2D eigenvalue weighted by Gasteiger charge is 2.07. The summed E-state index contributed by atoms with van der Waals surface area (Å²) < 4.78 is 1.14. The second-order valence-corrected chi connectivity index (χ2v) is 4.81. The number of anilines is 1. The van der Waals surface area contributed by atoms with Crippen LogP contribution in [0.25, 0.3) is 10.8 Å². The van der Waals surface area contributed by atoms with E-state index >= 15 is 0 Å². The first-order valence-electron chi connectivity index (χ1n) is 6.71. The van der Waals surface area contributed by atoms with Crippen LogP contribution in [0.5, 0.6) is 0 Å². The average Bonchev–Trinajstić information content (AvgIpc) is 2.50. The molecule has 0 fully saturated rings. The summed E-state index contributed by atoms with van der Waals surface area (Å²) in [6.45, 7) is -0.168. The highest BCUT2D eigenvalue weighted by Crippen LogP contribution is 2.22. The molecule has 0 aliphatic heterocycles. The second-order valence-electron chi connectivity index (χ2n) is 4.81. The number of H-pyrrole nitrogens is 1. The number of hydrogen-bond donors (Lipinski definition) is 2. The number of carbonyl (C=O) groups excluding carboxylic acids is 1. The standard InChI is InChI=1S/C16H13N3O3/c20-14-8-9-19(16(22)18-14)10-15(21)17-13-7-3-5-11-4-1-2-6-12(11)13/h1-9H,10H2,(H,17,21)(H,18,20,22). The maximum atomic E-state index is 12.1. The zero-order valence-electron chi connectivity index (χ0n) is 11.6. The molecule has 2 N–H and O–H groups in total. The van der Waals surface area contributed by atoms with Gasteiger partial charge in [-0.25, -0.2) is 4.79 Å². The van der Waals surface area contributed by atoms with E-state index in [0.717, 1.165) is 15.3 Å². The molecule has 0 radical (unpaired) electrons. The number of benzene rings is 2. The van der Waals surface area contributed by atoms with Gasteiger partial charge in [0.2, 0.25) is 5.91 Å². The number of aromatic nitrogens is 2. The molecule has 1 heterocycles. The Hall–Kier alpha value is -3.15. The van der Waals surface area contributed by atoms with Crippen LogP contribution in [0.1, 0.15) is 0 Å². The highest BCUT2D eigenvalue weighted by atomic mass is 16.2. The molecule has 0 saturated carbocycles. The molecule has 6 nitrogen and oxygen atoms in total. The van der Waals surface area contributed by atoms with Gasteiger partial charge in [-0.05, 0) is 11.5 Å². The van der Waals surface area contributed by atoms with Gasteiger partial charge in [0.25, 0.3) is 5.56 Å². The summed E-state index contributed by atoms with van der Waals surface area (Å²) in [4.78, 5) is 36.8. The first kappa shape index (κ1) is 13.8. The Morgan fingerprint density at radius 1 is 1.05 bits per heavy atom. The van der Waals surface area contributed by atoms with Crippen LogP contribution in [-0.2, 0) is 11.3 Å². The van der Waals surface area contributed by atoms with Crippen molar-refractivity contribution < 1.29 is 4.79 Å². The first-order valence-corrected chi connectivity index (χ1v) is 6.71. The van der Waals surface area contributed by atoms with Crippen molar-refractivity contribution in [2.24, 2.45) is 0 Å². The third-order valence-electron chi connectivity index (χ3n) is 3.27. The summed E-state index contributed by atoms with van der Waals surface area (Å²) in [7, 11) is 0. The zero-order valence-corrected chi connectivity index (χ0v) is 11.6. The van der Waals surface area contributed by atoms with Crippen molar-refractivity contribution in [3.05, 3.63) is 75.6 Å². The van der Waals surface area contributed by atoms with Crippen molar-refractivity contribution in [1.29, 1.82) is 0 Å².